The van der Waals surface area contributed by atoms with Crippen LogP contribution in [0.25, 0.3) is 66.1 Å². The number of alkyl halides is 6. The molecule has 3 heterocycles. The molecule has 3 aromatic heterocycles. The largest absolute Gasteiger partial charge is 0.493 e. The van der Waals surface area contributed by atoms with Crippen molar-refractivity contribution >= 4 is 50.6 Å². The Bertz CT molecular complexity index is 4980. The highest BCUT2D eigenvalue weighted by Crippen LogP contribution is 2.42. The standard InChI is InChI=1S/2C27H22F3NO3.C27H25NO3/c28-27(29,30)20-7-3-5-18(13-20)15-31-23-10-2-1-9-22(23)24(25(31)26(32)33)19-6-4-8-21(14-19)34-16-17-11-12-17;28-27(29,30)20-5-3-4-18(14-20)15-31-23-7-2-1-6-22(23)24(25(31)26(32)33)19-10-12-21(13-11-19)34-16-17-8-9-17;1-18-6-4-8-21(14-18)25-23-10-2-3-11-24(23)28(26(25)27(29)30)16-20-7-5-9-22(15-20)31-17-19-12-13-19/h1-10,13-14,17H,11-12,15-16H2,(H,32,33);1-7,10-14,17H,8-9,15-16H2,(H,32,33);2-11,14-15,19H,12-13,16-17H2,1H3,(H,29,30). The Morgan fingerprint density at radius 2 is 0.717 bits per heavy atom. The number of aromatic nitrogens is 3. The number of fused-ring (bicyclic) bond motifs is 3. The molecule has 12 aromatic rings. The van der Waals surface area contributed by atoms with Gasteiger partial charge in [-0.15, -0.1) is 0 Å². The Morgan fingerprint density at radius 1 is 0.374 bits per heavy atom. The van der Waals surface area contributed by atoms with Gasteiger partial charge >= 0.3 is 30.3 Å². The molecule has 15 rings (SSSR count). The number of halogens is 6. The third kappa shape index (κ3) is 15.4. The topological polar surface area (TPSA) is 154 Å². The molecule has 0 bridgehead atoms. The Balaban J connectivity index is 0.000000134. The minimum atomic E-state index is -4.48. The molecule has 18 heteroatoms. The number of rotatable bonds is 21. The fourth-order valence-electron chi connectivity index (χ4n) is 12.7. The molecule has 0 spiro atoms. The molecular formula is C81H69F6N3O9. The summed E-state index contributed by atoms with van der Waals surface area (Å²) in [7, 11) is 0. The zero-order valence-corrected chi connectivity index (χ0v) is 53.9. The summed E-state index contributed by atoms with van der Waals surface area (Å²) in [6, 6.07) is 62.9. The van der Waals surface area contributed by atoms with E-state index in [-0.39, 0.29) is 24.5 Å². The second-order valence-corrected chi connectivity index (χ2v) is 25.6. The Labute approximate surface area is 566 Å². The summed E-state index contributed by atoms with van der Waals surface area (Å²) in [6.07, 6.45) is -1.76. The van der Waals surface area contributed by atoms with Crippen LogP contribution in [0.15, 0.2) is 218 Å². The third-order valence-corrected chi connectivity index (χ3v) is 18.1. The Kier molecular flexibility index (Phi) is 19.0. The molecule has 3 saturated carbocycles. The van der Waals surface area contributed by atoms with E-state index in [2.05, 4.69) is 0 Å². The third-order valence-electron chi connectivity index (χ3n) is 18.1. The van der Waals surface area contributed by atoms with E-state index in [1.165, 1.54) is 37.8 Å². The molecule has 504 valence electrons. The van der Waals surface area contributed by atoms with Crippen molar-refractivity contribution in [2.75, 3.05) is 19.8 Å². The maximum absolute atomic E-state index is 13.2. The number of aromatic carboxylic acids is 3. The van der Waals surface area contributed by atoms with Crippen LogP contribution >= 0.6 is 0 Å². The van der Waals surface area contributed by atoms with Crippen LogP contribution in [0, 0.1) is 24.7 Å². The van der Waals surface area contributed by atoms with Gasteiger partial charge in [-0.3, -0.25) is 0 Å². The van der Waals surface area contributed by atoms with E-state index < -0.39 is 41.4 Å². The molecule has 0 aliphatic heterocycles. The molecule has 3 aliphatic rings. The van der Waals surface area contributed by atoms with Gasteiger partial charge in [-0.2, -0.15) is 26.3 Å². The molecule has 9 aromatic carbocycles. The zero-order chi connectivity index (χ0) is 69.1. The number of hydrogen-bond acceptors (Lipinski definition) is 6. The van der Waals surface area contributed by atoms with Crippen molar-refractivity contribution < 1.29 is 70.3 Å². The summed E-state index contributed by atoms with van der Waals surface area (Å²) in [4.78, 5) is 37.4. The molecule has 12 nitrogen and oxygen atoms in total. The number of ether oxygens (including phenoxy) is 3. The van der Waals surface area contributed by atoms with Gasteiger partial charge in [0.15, 0.2) is 0 Å². The van der Waals surface area contributed by atoms with Crippen molar-refractivity contribution in [3.8, 4) is 50.6 Å². The first-order valence-electron chi connectivity index (χ1n) is 32.8. The van der Waals surface area contributed by atoms with Crippen LogP contribution in [0.1, 0.15) is 103 Å². The fourth-order valence-corrected chi connectivity index (χ4v) is 12.7. The molecule has 3 aliphatic carbocycles. The highest BCUT2D eigenvalue weighted by Gasteiger charge is 2.34. The van der Waals surface area contributed by atoms with Gasteiger partial charge in [0.25, 0.3) is 0 Å². The van der Waals surface area contributed by atoms with E-state index in [0.717, 1.165) is 93.8 Å². The lowest BCUT2D eigenvalue weighted by Gasteiger charge is -2.12. The van der Waals surface area contributed by atoms with Crippen LogP contribution in [-0.4, -0.2) is 66.7 Å². The summed E-state index contributed by atoms with van der Waals surface area (Å²) in [6.45, 7) is 4.54. The molecule has 0 unspecified atom stereocenters. The maximum atomic E-state index is 13.2. The van der Waals surface area contributed by atoms with Gasteiger partial charge in [0.2, 0.25) is 0 Å². The predicted octanol–water partition coefficient (Wildman–Crippen LogP) is 19.9. The molecule has 0 amide bonds. The highest BCUT2D eigenvalue weighted by molar-refractivity contribution is 6.10. The smallest absolute Gasteiger partial charge is 0.416 e. The number of para-hydroxylation sites is 3. The van der Waals surface area contributed by atoms with Crippen LogP contribution < -0.4 is 14.2 Å². The first kappa shape index (κ1) is 66.6. The number of hydrogen-bond donors (Lipinski definition) is 3. The first-order chi connectivity index (χ1) is 47.7. The molecule has 0 radical (unpaired) electrons. The van der Waals surface area contributed by atoms with Crippen LogP contribution in [-0.2, 0) is 32.0 Å². The van der Waals surface area contributed by atoms with E-state index in [1.54, 1.807) is 45.5 Å². The van der Waals surface area contributed by atoms with Crippen molar-refractivity contribution in [3.05, 3.63) is 269 Å². The lowest BCUT2D eigenvalue weighted by molar-refractivity contribution is -0.138. The highest BCUT2D eigenvalue weighted by atomic mass is 19.4. The normalized spacial score (nSPS) is 13.7. The summed E-state index contributed by atoms with van der Waals surface area (Å²) in [5.74, 6) is 0.892. The molecular weight excluding hydrogens is 1270 g/mol. The quantitative estimate of drug-likeness (QED) is 0.0597. The molecule has 0 atom stereocenters. The maximum Gasteiger partial charge on any atom is 0.416 e. The van der Waals surface area contributed by atoms with E-state index in [9.17, 15) is 56.0 Å². The summed E-state index contributed by atoms with van der Waals surface area (Å²) in [5.41, 5.74) is 8.04. The van der Waals surface area contributed by atoms with Gasteiger partial charge in [0.1, 0.15) is 34.3 Å². The van der Waals surface area contributed by atoms with Gasteiger partial charge in [-0.05, 0) is 175 Å². The van der Waals surface area contributed by atoms with Crippen molar-refractivity contribution in [3.63, 3.8) is 0 Å². The number of carboxylic acids is 3. The SMILES string of the molecule is Cc1cccc(-c2c(C(=O)O)n(Cc3cccc(OCC4CC4)c3)c3ccccc23)c1.O=C(O)c1c(-c2ccc(OCC3CC3)cc2)c2ccccc2n1Cc1cccc(C(F)(F)F)c1.O=C(O)c1c(-c2cccc(OCC3CC3)c2)c2ccccc2n1Cc1cccc(C(F)(F)F)c1. The fraction of sp³-hybridized carbons (Fsp3) is 0.222. The average Bonchev–Trinajstić information content (AvgIpc) is 1.61. The van der Waals surface area contributed by atoms with Crippen molar-refractivity contribution in [2.24, 2.45) is 17.8 Å². The van der Waals surface area contributed by atoms with Gasteiger partial charge in [-0.25, -0.2) is 14.4 Å². The summed E-state index contributed by atoms with van der Waals surface area (Å²) >= 11 is 0. The van der Waals surface area contributed by atoms with Crippen LogP contribution in [0.2, 0.25) is 0 Å². The zero-order valence-electron chi connectivity index (χ0n) is 53.9. The van der Waals surface area contributed by atoms with Gasteiger partial charge in [-0.1, -0.05) is 145 Å². The van der Waals surface area contributed by atoms with E-state index in [0.29, 0.717) is 98.8 Å². The van der Waals surface area contributed by atoms with Crippen molar-refractivity contribution in [1.29, 1.82) is 0 Å². The summed E-state index contributed by atoms with van der Waals surface area (Å²) in [5, 5.41) is 32.9. The van der Waals surface area contributed by atoms with Crippen molar-refractivity contribution in [2.45, 2.75) is 77.4 Å². The van der Waals surface area contributed by atoms with Gasteiger partial charge < -0.3 is 43.2 Å². The molecule has 0 saturated heterocycles. The van der Waals surface area contributed by atoms with E-state index in [1.807, 2.05) is 157 Å². The second-order valence-electron chi connectivity index (χ2n) is 25.6. The summed E-state index contributed by atoms with van der Waals surface area (Å²) < 4.78 is 102. The lowest BCUT2D eigenvalue weighted by atomic mass is 10.00. The minimum absolute atomic E-state index is 0.00531. The second kappa shape index (κ2) is 28.2. The first-order valence-corrected chi connectivity index (χ1v) is 32.8. The minimum Gasteiger partial charge on any atom is -0.493 e. The van der Waals surface area contributed by atoms with Gasteiger partial charge in [0.05, 0.1) is 30.9 Å². The number of nitrogens with zero attached hydrogens (tertiary/aromatic N) is 3. The molecule has 99 heavy (non-hydrogen) atoms. The number of carboxylic acid groups (broad SMARTS) is 3. The van der Waals surface area contributed by atoms with E-state index in [4.69, 9.17) is 14.2 Å². The number of aryl methyl sites for hydroxylation is 1. The van der Waals surface area contributed by atoms with Gasteiger partial charge in [0, 0.05) is 69.0 Å². The van der Waals surface area contributed by atoms with Crippen LogP contribution in [0.3, 0.4) is 0 Å². The molecule has 3 fully saturated rings. The lowest BCUT2D eigenvalue weighted by Crippen LogP contribution is -2.12. The number of benzene rings is 9. The van der Waals surface area contributed by atoms with Crippen molar-refractivity contribution in [1.82, 2.24) is 13.7 Å². The Hall–Kier alpha value is -11.0. The van der Waals surface area contributed by atoms with E-state index >= 15 is 0 Å². The predicted molar refractivity (Wildman–Crippen MR) is 369 cm³/mol. The monoisotopic (exact) mass is 1340 g/mol. The Morgan fingerprint density at radius 3 is 1.11 bits per heavy atom. The van der Waals surface area contributed by atoms with Crippen LogP contribution in [0.4, 0.5) is 26.3 Å². The number of carbonyl (C=O) groups is 3. The molecule has 3 N–H and O–H groups in total. The average molecular weight is 1340 g/mol. The van der Waals surface area contributed by atoms with Crippen LogP contribution in [0.5, 0.6) is 17.2 Å².